The predicted octanol–water partition coefficient (Wildman–Crippen LogP) is 6.71. The molecule has 0 radical (unpaired) electrons. The first-order valence-electron chi connectivity index (χ1n) is 32.1. The first-order chi connectivity index (χ1) is 39.3. The Kier molecular flexibility index (Phi) is 41.4. The molecule has 3 fully saturated rings. The number of ether oxygens (including phenoxy) is 6. The van der Waals surface area contributed by atoms with Crippen molar-refractivity contribution in [2.24, 2.45) is 0 Å². The van der Waals surface area contributed by atoms with Gasteiger partial charge in [0.15, 0.2) is 18.9 Å². The third-order valence-electron chi connectivity index (χ3n) is 16.3. The number of nitrogens with one attached hydrogen (secondary N) is 1. The molecule has 0 aromatic carbocycles. The average molecular weight is 1160 g/mol. The lowest BCUT2D eigenvalue weighted by atomic mass is 9.96. The largest absolute Gasteiger partial charge is 0.394 e. The Morgan fingerprint density at radius 2 is 0.815 bits per heavy atom. The summed E-state index contributed by atoms with van der Waals surface area (Å²) in [6.07, 6.45) is 21.5. The SMILES string of the molecule is CCCCCCC/C=C\C/C=C\CCCCCCCCCCCCCCCCCC(=O)NC(COC1OC(CO)C(OC2OC(CO)C(OC3OC(CO)C(O)C(O)C3O)C(O)C2O)C(O)C1O)C(O)CCCCCCCCCCC. The van der Waals surface area contributed by atoms with E-state index in [1.807, 2.05) is 0 Å². The van der Waals surface area contributed by atoms with Crippen LogP contribution in [0.25, 0.3) is 0 Å². The fourth-order valence-corrected chi connectivity index (χ4v) is 11.0. The molecular formula is C62H115NO18. The molecule has 0 bridgehead atoms. The molecule has 3 aliphatic rings. The van der Waals surface area contributed by atoms with Crippen LogP contribution < -0.4 is 5.32 Å². The monoisotopic (exact) mass is 1160 g/mol. The van der Waals surface area contributed by atoms with Crippen LogP contribution in [0.1, 0.15) is 232 Å². The van der Waals surface area contributed by atoms with Crippen molar-refractivity contribution < 1.29 is 89.4 Å². The minimum absolute atomic E-state index is 0.244. The summed E-state index contributed by atoms with van der Waals surface area (Å²) in [5.41, 5.74) is 0. The van der Waals surface area contributed by atoms with E-state index in [1.165, 1.54) is 148 Å². The van der Waals surface area contributed by atoms with Gasteiger partial charge in [-0.1, -0.05) is 205 Å². The molecule has 17 unspecified atom stereocenters. The van der Waals surface area contributed by atoms with E-state index >= 15 is 0 Å². The first-order valence-corrected chi connectivity index (χ1v) is 32.1. The number of aliphatic hydroxyl groups excluding tert-OH is 11. The van der Waals surface area contributed by atoms with Crippen molar-refractivity contribution >= 4 is 5.91 Å². The number of aliphatic hydroxyl groups is 11. The molecule has 0 saturated carbocycles. The summed E-state index contributed by atoms with van der Waals surface area (Å²) in [6, 6.07) is -0.883. The highest BCUT2D eigenvalue weighted by Gasteiger charge is 2.53. The summed E-state index contributed by atoms with van der Waals surface area (Å²) in [5, 5.41) is 120. The van der Waals surface area contributed by atoms with Gasteiger partial charge in [-0.05, 0) is 44.9 Å². The summed E-state index contributed by atoms with van der Waals surface area (Å²) in [5.74, 6) is -0.244. The molecule has 0 spiro atoms. The van der Waals surface area contributed by atoms with Gasteiger partial charge in [0.1, 0.15) is 73.2 Å². The fraction of sp³-hybridized carbons (Fsp3) is 0.919. The quantitative estimate of drug-likeness (QED) is 0.0222. The lowest BCUT2D eigenvalue weighted by Gasteiger charge is -2.48. The summed E-state index contributed by atoms with van der Waals surface area (Å²) in [7, 11) is 0. The number of unbranched alkanes of at least 4 members (excludes halogenated alkanes) is 28. The van der Waals surface area contributed by atoms with Gasteiger partial charge in [-0.3, -0.25) is 4.79 Å². The van der Waals surface area contributed by atoms with E-state index in [2.05, 4.69) is 43.5 Å². The molecule has 1 amide bonds. The van der Waals surface area contributed by atoms with Gasteiger partial charge < -0.3 is 89.9 Å². The molecule has 19 heteroatoms. The van der Waals surface area contributed by atoms with Crippen LogP contribution >= 0.6 is 0 Å². The van der Waals surface area contributed by atoms with Crippen molar-refractivity contribution in [1.82, 2.24) is 5.32 Å². The van der Waals surface area contributed by atoms with Crippen LogP contribution in [-0.4, -0.2) is 193 Å². The summed E-state index contributed by atoms with van der Waals surface area (Å²) in [6.45, 7) is 1.75. The molecule has 17 atom stereocenters. The van der Waals surface area contributed by atoms with Crippen LogP contribution in [0.3, 0.4) is 0 Å². The first kappa shape index (κ1) is 73.5. The van der Waals surface area contributed by atoms with Crippen molar-refractivity contribution in [3.8, 4) is 0 Å². The molecule has 12 N–H and O–H groups in total. The maximum Gasteiger partial charge on any atom is 0.220 e. The molecule has 3 rings (SSSR count). The molecule has 0 aromatic rings. The Morgan fingerprint density at radius 3 is 1.26 bits per heavy atom. The van der Waals surface area contributed by atoms with Gasteiger partial charge in [0.2, 0.25) is 5.91 Å². The number of amides is 1. The number of carbonyl (C=O) groups excluding carboxylic acids is 1. The van der Waals surface area contributed by atoms with E-state index in [1.54, 1.807) is 0 Å². The van der Waals surface area contributed by atoms with E-state index in [4.69, 9.17) is 28.4 Å². The number of allylic oxidation sites excluding steroid dienone is 4. The summed E-state index contributed by atoms with van der Waals surface area (Å²) >= 11 is 0. The Hall–Kier alpha value is -1.73. The van der Waals surface area contributed by atoms with Gasteiger partial charge in [0.25, 0.3) is 0 Å². The molecule has 0 aromatic heterocycles. The molecule has 3 aliphatic heterocycles. The Morgan fingerprint density at radius 1 is 0.444 bits per heavy atom. The predicted molar refractivity (Wildman–Crippen MR) is 310 cm³/mol. The Balaban J connectivity index is 1.38. The summed E-state index contributed by atoms with van der Waals surface area (Å²) < 4.78 is 34.3. The second kappa shape index (κ2) is 45.6. The van der Waals surface area contributed by atoms with Gasteiger partial charge in [-0.25, -0.2) is 0 Å². The van der Waals surface area contributed by atoms with Gasteiger partial charge in [0, 0.05) is 6.42 Å². The van der Waals surface area contributed by atoms with Gasteiger partial charge in [0.05, 0.1) is 38.6 Å². The smallest absolute Gasteiger partial charge is 0.220 e. The van der Waals surface area contributed by atoms with Crippen molar-refractivity contribution in [3.63, 3.8) is 0 Å². The van der Waals surface area contributed by atoms with Gasteiger partial charge >= 0.3 is 0 Å². The highest BCUT2D eigenvalue weighted by molar-refractivity contribution is 5.76. The number of rotatable bonds is 48. The highest BCUT2D eigenvalue weighted by Crippen LogP contribution is 2.33. The zero-order valence-electron chi connectivity index (χ0n) is 49.8. The molecule has 0 aliphatic carbocycles. The third-order valence-corrected chi connectivity index (χ3v) is 16.3. The van der Waals surface area contributed by atoms with Crippen LogP contribution in [0.2, 0.25) is 0 Å². The lowest BCUT2D eigenvalue weighted by Crippen LogP contribution is -2.66. The van der Waals surface area contributed by atoms with Gasteiger partial charge in [-0.15, -0.1) is 0 Å². The van der Waals surface area contributed by atoms with Crippen molar-refractivity contribution in [2.75, 3.05) is 26.4 Å². The standard InChI is InChI=1S/C62H115NO18/c1-3-5-7-9-11-13-14-15-16-17-18-19-20-21-22-23-24-25-26-27-28-29-30-32-34-36-38-40-50(68)63-45(46(67)39-37-35-33-31-12-10-8-6-4-2)44-76-60-56(74)53(71)58(48(42-65)78-60)81-62-57(75)54(72)59(49(43-66)79-62)80-61-55(73)52(70)51(69)47(41-64)77-61/h14-15,17-18,45-49,51-62,64-67,69-75H,3-13,16,19-44H2,1-2H3,(H,63,68)/b15-14-,18-17-. The fourth-order valence-electron chi connectivity index (χ4n) is 11.0. The lowest BCUT2D eigenvalue weighted by molar-refractivity contribution is -0.379. The van der Waals surface area contributed by atoms with E-state index in [0.717, 1.165) is 51.4 Å². The number of carbonyl (C=O) groups is 1. The van der Waals surface area contributed by atoms with Crippen molar-refractivity contribution in [3.05, 3.63) is 24.3 Å². The minimum atomic E-state index is -1.97. The minimum Gasteiger partial charge on any atom is -0.394 e. The second-order valence-corrected chi connectivity index (χ2v) is 23.2. The van der Waals surface area contributed by atoms with Crippen molar-refractivity contribution in [2.45, 2.75) is 336 Å². The molecule has 3 heterocycles. The molecule has 19 nitrogen and oxygen atoms in total. The third kappa shape index (κ3) is 29.0. The summed E-state index contributed by atoms with van der Waals surface area (Å²) in [4.78, 5) is 13.3. The molecule has 3 saturated heterocycles. The average Bonchev–Trinajstić information content (AvgIpc) is 3.47. The highest BCUT2D eigenvalue weighted by atomic mass is 16.8. The second-order valence-electron chi connectivity index (χ2n) is 23.2. The van der Waals surface area contributed by atoms with E-state index < -0.39 is 124 Å². The maximum atomic E-state index is 13.3. The Labute approximate surface area is 486 Å². The number of hydrogen-bond acceptors (Lipinski definition) is 18. The molecule has 81 heavy (non-hydrogen) atoms. The van der Waals surface area contributed by atoms with E-state index in [9.17, 15) is 61.0 Å². The van der Waals surface area contributed by atoms with E-state index in [-0.39, 0.29) is 18.9 Å². The van der Waals surface area contributed by atoms with Crippen molar-refractivity contribution in [1.29, 1.82) is 0 Å². The van der Waals surface area contributed by atoms with Crippen LogP contribution in [0.5, 0.6) is 0 Å². The molecule has 476 valence electrons. The zero-order valence-corrected chi connectivity index (χ0v) is 49.8. The van der Waals surface area contributed by atoms with E-state index in [0.29, 0.717) is 12.8 Å². The number of hydrogen-bond donors (Lipinski definition) is 12. The van der Waals surface area contributed by atoms with Crippen LogP contribution in [0, 0.1) is 0 Å². The van der Waals surface area contributed by atoms with Gasteiger partial charge in [-0.2, -0.15) is 0 Å². The Bertz CT molecular complexity index is 1580. The van der Waals surface area contributed by atoms with Crippen LogP contribution in [0.15, 0.2) is 24.3 Å². The normalized spacial score (nSPS) is 29.9. The topological polar surface area (TPSA) is 307 Å². The van der Waals surface area contributed by atoms with Crippen LogP contribution in [0.4, 0.5) is 0 Å². The van der Waals surface area contributed by atoms with Crippen LogP contribution in [-0.2, 0) is 33.2 Å². The maximum absolute atomic E-state index is 13.3. The zero-order chi connectivity index (χ0) is 59.0. The molecular weight excluding hydrogens is 1050 g/mol.